The van der Waals surface area contributed by atoms with Crippen LogP contribution in [0.2, 0.25) is 0 Å². The van der Waals surface area contributed by atoms with Gasteiger partial charge in [0, 0.05) is 6.61 Å². The summed E-state index contributed by atoms with van der Waals surface area (Å²) in [5, 5.41) is 0.506. The fourth-order valence-electron chi connectivity index (χ4n) is 3.12. The molecule has 2 atom stereocenters. The van der Waals surface area contributed by atoms with E-state index in [1.54, 1.807) is 18.2 Å². The molecule has 0 amide bonds. The van der Waals surface area contributed by atoms with E-state index >= 15 is 0 Å². The molecule has 140 valence electrons. The largest absolute Gasteiger partial charge is 0.465 e. The van der Waals surface area contributed by atoms with Gasteiger partial charge in [-0.15, -0.1) is 0 Å². The highest BCUT2D eigenvalue weighted by molar-refractivity contribution is 7.84. The van der Waals surface area contributed by atoms with Crippen molar-refractivity contribution in [1.82, 2.24) is 9.55 Å². The first-order chi connectivity index (χ1) is 13.2. The lowest BCUT2D eigenvalue weighted by Gasteiger charge is -2.27. The van der Waals surface area contributed by atoms with Gasteiger partial charge in [-0.05, 0) is 30.2 Å². The number of imidazole rings is 1. The number of rotatable bonds is 6. The number of fused-ring (bicyclic) bond motifs is 1. The van der Waals surface area contributed by atoms with Gasteiger partial charge in [-0.3, -0.25) is 4.21 Å². The van der Waals surface area contributed by atoms with Crippen molar-refractivity contribution in [3.05, 3.63) is 59.7 Å². The summed E-state index contributed by atoms with van der Waals surface area (Å²) in [5.41, 5.74) is 2.91. The lowest BCUT2D eigenvalue weighted by Crippen LogP contribution is -2.31. The first kappa shape index (κ1) is 17.9. The third-order valence-electron chi connectivity index (χ3n) is 4.66. The Bertz CT molecular complexity index is 996. The fourth-order valence-corrected chi connectivity index (χ4v) is 4.36. The average Bonchev–Trinajstić information content (AvgIpc) is 3.02. The summed E-state index contributed by atoms with van der Waals surface area (Å²) in [4.78, 5) is 16.5. The molecule has 7 heteroatoms. The fraction of sp³-hybridized carbons (Fsp3) is 0.300. The van der Waals surface area contributed by atoms with Crippen molar-refractivity contribution in [2.75, 3.05) is 13.7 Å². The van der Waals surface area contributed by atoms with Gasteiger partial charge in [-0.1, -0.05) is 30.3 Å². The van der Waals surface area contributed by atoms with E-state index < -0.39 is 16.8 Å². The number of carbonyl (C=O) groups excluding carboxylic acids is 1. The Balaban J connectivity index is 1.74. The molecule has 0 N–H and O–H groups in total. The molecule has 0 spiro atoms. The van der Waals surface area contributed by atoms with Gasteiger partial charge in [0.05, 0.1) is 52.9 Å². The van der Waals surface area contributed by atoms with Gasteiger partial charge < -0.3 is 14.0 Å². The molecule has 1 aromatic heterocycles. The molecule has 1 aliphatic heterocycles. The average molecular weight is 384 g/mol. The molecule has 1 saturated heterocycles. The third kappa shape index (κ3) is 3.65. The van der Waals surface area contributed by atoms with Crippen LogP contribution in [0.5, 0.6) is 0 Å². The highest BCUT2D eigenvalue weighted by Gasteiger charge is 2.24. The Morgan fingerprint density at radius 3 is 2.74 bits per heavy atom. The number of methoxy groups -OCH3 is 1. The number of esters is 1. The number of nitrogens with zero attached hydrogens (tertiary/aromatic N) is 2. The maximum absolute atomic E-state index is 13.1. The molecule has 0 bridgehead atoms. The van der Waals surface area contributed by atoms with Crippen molar-refractivity contribution >= 4 is 27.8 Å². The predicted octanol–water partition coefficient (Wildman–Crippen LogP) is 2.92. The number of carbonyl (C=O) groups is 1. The lowest BCUT2D eigenvalue weighted by molar-refractivity contribution is -0.0597. The van der Waals surface area contributed by atoms with Gasteiger partial charge in [0.2, 0.25) is 5.16 Å². The van der Waals surface area contributed by atoms with Crippen molar-refractivity contribution < 1.29 is 18.5 Å². The number of hydrogen-bond donors (Lipinski definition) is 0. The number of benzene rings is 2. The third-order valence-corrected chi connectivity index (χ3v) is 5.97. The summed E-state index contributed by atoms with van der Waals surface area (Å²) in [7, 11) is 0.0417. The maximum Gasteiger partial charge on any atom is 0.337 e. The zero-order valence-electron chi connectivity index (χ0n) is 15.0. The Morgan fingerprint density at radius 2 is 2.07 bits per heavy atom. The topological polar surface area (TPSA) is 70.4 Å². The van der Waals surface area contributed by atoms with Gasteiger partial charge in [0.1, 0.15) is 0 Å². The lowest BCUT2D eigenvalue weighted by atomic mass is 10.1. The quantitative estimate of drug-likeness (QED) is 0.611. The summed E-state index contributed by atoms with van der Waals surface area (Å²) in [6.07, 6.45) is 1.04. The van der Waals surface area contributed by atoms with Crippen LogP contribution in [0.15, 0.2) is 53.7 Å². The second-order valence-corrected chi connectivity index (χ2v) is 7.80. The van der Waals surface area contributed by atoms with Crippen molar-refractivity contribution in [2.45, 2.75) is 30.0 Å². The second-order valence-electron chi connectivity index (χ2n) is 6.46. The normalized spacial score (nSPS) is 17.4. The van der Waals surface area contributed by atoms with Crippen LogP contribution in [0.25, 0.3) is 11.0 Å². The molecule has 2 unspecified atom stereocenters. The minimum absolute atomic E-state index is 0.0802. The summed E-state index contributed by atoms with van der Waals surface area (Å²) in [6, 6.07) is 14.9. The van der Waals surface area contributed by atoms with Crippen LogP contribution in [0.1, 0.15) is 22.3 Å². The second kappa shape index (κ2) is 7.62. The van der Waals surface area contributed by atoms with E-state index in [1.807, 2.05) is 34.9 Å². The van der Waals surface area contributed by atoms with Crippen molar-refractivity contribution in [3.63, 3.8) is 0 Å². The molecule has 2 heterocycles. The zero-order chi connectivity index (χ0) is 18.8. The van der Waals surface area contributed by atoms with E-state index in [0.717, 1.165) is 24.1 Å². The van der Waals surface area contributed by atoms with Gasteiger partial charge in [0.15, 0.2) is 0 Å². The molecular weight excluding hydrogens is 364 g/mol. The van der Waals surface area contributed by atoms with E-state index in [-0.39, 0.29) is 6.10 Å². The Morgan fingerprint density at radius 1 is 1.30 bits per heavy atom. The van der Waals surface area contributed by atoms with Crippen molar-refractivity contribution in [2.24, 2.45) is 0 Å². The van der Waals surface area contributed by atoms with Crippen LogP contribution in [-0.4, -0.2) is 39.5 Å². The van der Waals surface area contributed by atoms with Gasteiger partial charge in [-0.2, -0.15) is 0 Å². The van der Waals surface area contributed by atoms with Crippen molar-refractivity contribution in [3.8, 4) is 0 Å². The Hall–Kier alpha value is -2.51. The van der Waals surface area contributed by atoms with Gasteiger partial charge in [0.25, 0.3) is 0 Å². The van der Waals surface area contributed by atoms with Crippen LogP contribution < -0.4 is 0 Å². The van der Waals surface area contributed by atoms with Crippen LogP contribution >= 0.6 is 0 Å². The number of hydrogen-bond acceptors (Lipinski definition) is 5. The molecule has 27 heavy (non-hydrogen) atoms. The van der Waals surface area contributed by atoms with Crippen LogP contribution in [0.3, 0.4) is 0 Å². The SMILES string of the molecule is COC(=O)c1ccc2nc(S(=O)Cc3ccccc3)n(CC3CCO3)c2c1. The monoisotopic (exact) mass is 384 g/mol. The minimum Gasteiger partial charge on any atom is -0.465 e. The first-order valence-electron chi connectivity index (χ1n) is 8.78. The maximum atomic E-state index is 13.1. The minimum atomic E-state index is -1.31. The zero-order valence-corrected chi connectivity index (χ0v) is 15.8. The van der Waals surface area contributed by atoms with Gasteiger partial charge >= 0.3 is 5.97 Å². The van der Waals surface area contributed by atoms with E-state index in [1.165, 1.54) is 7.11 Å². The summed E-state index contributed by atoms with van der Waals surface area (Å²) < 4.78 is 25.4. The molecule has 6 nitrogen and oxygen atoms in total. The van der Waals surface area contributed by atoms with Crippen LogP contribution in [-0.2, 0) is 32.6 Å². The summed E-state index contributed by atoms with van der Waals surface area (Å²) >= 11 is 0. The highest BCUT2D eigenvalue weighted by Crippen LogP contribution is 2.25. The smallest absolute Gasteiger partial charge is 0.337 e. The standard InChI is InChI=1S/C20H20N2O4S/c1-25-19(23)15-7-8-17-18(11-15)22(12-16-9-10-26-16)20(21-17)27(24)13-14-5-3-2-4-6-14/h2-8,11,16H,9-10,12-13H2,1H3. The summed E-state index contributed by atoms with van der Waals surface area (Å²) in [6.45, 7) is 1.31. The molecule has 3 aromatic rings. The first-order valence-corrected chi connectivity index (χ1v) is 10.1. The Labute approximate surface area is 159 Å². The molecule has 1 fully saturated rings. The number of aromatic nitrogens is 2. The predicted molar refractivity (Wildman–Crippen MR) is 102 cm³/mol. The molecular formula is C20H20N2O4S. The van der Waals surface area contributed by atoms with E-state index in [0.29, 0.717) is 28.5 Å². The molecule has 2 aromatic carbocycles. The van der Waals surface area contributed by atoms with E-state index in [2.05, 4.69) is 4.98 Å². The molecule has 4 rings (SSSR count). The van der Waals surface area contributed by atoms with Crippen LogP contribution in [0.4, 0.5) is 0 Å². The van der Waals surface area contributed by atoms with Crippen molar-refractivity contribution in [1.29, 1.82) is 0 Å². The highest BCUT2D eigenvalue weighted by atomic mass is 32.2. The summed E-state index contributed by atoms with van der Waals surface area (Å²) in [5.74, 6) is -0.0176. The molecule has 0 aliphatic carbocycles. The molecule has 1 aliphatic rings. The Kier molecular flexibility index (Phi) is 5.05. The van der Waals surface area contributed by atoms with Crippen LogP contribution in [0, 0.1) is 0 Å². The van der Waals surface area contributed by atoms with E-state index in [9.17, 15) is 9.00 Å². The van der Waals surface area contributed by atoms with E-state index in [4.69, 9.17) is 9.47 Å². The molecule has 0 saturated carbocycles. The molecule has 0 radical (unpaired) electrons. The van der Waals surface area contributed by atoms with Gasteiger partial charge in [-0.25, -0.2) is 9.78 Å². The number of ether oxygens (including phenoxy) is 2.